The number of benzene rings is 1. The highest BCUT2D eigenvalue weighted by atomic mass is 32.1. The normalized spacial score (nSPS) is 11.5. The zero-order chi connectivity index (χ0) is 14.1. The van der Waals surface area contributed by atoms with Gasteiger partial charge in [-0.1, -0.05) is 24.3 Å². The van der Waals surface area contributed by atoms with Crippen LogP contribution in [0.25, 0.3) is 22.3 Å². The summed E-state index contributed by atoms with van der Waals surface area (Å²) in [4.78, 5) is 16.5. The van der Waals surface area contributed by atoms with Crippen LogP contribution in [0.3, 0.4) is 0 Å². The van der Waals surface area contributed by atoms with Gasteiger partial charge in [0, 0.05) is 17.0 Å². The summed E-state index contributed by atoms with van der Waals surface area (Å²) >= 11 is 3.53. The number of thiol groups is 1. The molecule has 4 rings (SSSR count). The van der Waals surface area contributed by atoms with Crippen molar-refractivity contribution in [2.45, 2.75) is 6.54 Å². The molecule has 0 N–H and O–H groups in total. The molecule has 0 saturated carbocycles. The molecule has 20 heavy (non-hydrogen) atoms. The van der Waals surface area contributed by atoms with Crippen LogP contribution in [0, 0.1) is 0 Å². The van der Waals surface area contributed by atoms with Crippen molar-refractivity contribution >= 4 is 23.5 Å². The van der Waals surface area contributed by atoms with Gasteiger partial charge in [0.15, 0.2) is 0 Å². The van der Waals surface area contributed by atoms with Crippen LogP contribution in [-0.2, 0) is 6.54 Å². The number of hydrogen-bond donors (Lipinski definition) is 1. The summed E-state index contributed by atoms with van der Waals surface area (Å²) < 4.78 is 1.77. The molecule has 100 valence electrons. The first-order valence-electron chi connectivity index (χ1n) is 6.36. The van der Waals surface area contributed by atoms with Gasteiger partial charge in [0.05, 0.1) is 23.4 Å². The van der Waals surface area contributed by atoms with E-state index in [2.05, 4.69) is 23.7 Å². The van der Waals surface area contributed by atoms with Crippen LogP contribution in [0.5, 0.6) is 0 Å². The van der Waals surface area contributed by atoms with Crippen LogP contribution in [-0.4, -0.2) is 15.8 Å². The van der Waals surface area contributed by atoms with Crippen molar-refractivity contribution in [2.75, 3.05) is 6.26 Å². The van der Waals surface area contributed by atoms with Crippen molar-refractivity contribution in [3.63, 3.8) is 0 Å². The van der Waals surface area contributed by atoms with Crippen LogP contribution in [0.2, 0.25) is 0 Å². The fraction of sp³-hybridized carbons (Fsp3) is 0.125. The quantitative estimate of drug-likeness (QED) is 0.503. The smallest absolute Gasteiger partial charge is 0.251 e. The predicted octanol–water partition coefficient (Wildman–Crippen LogP) is 2.97. The summed E-state index contributed by atoms with van der Waals surface area (Å²) in [5.74, 6) is 0. The van der Waals surface area contributed by atoms with Gasteiger partial charge in [-0.3, -0.25) is 4.79 Å². The molecule has 2 aromatic heterocycles. The van der Waals surface area contributed by atoms with Gasteiger partial charge in [-0.05, 0) is 24.5 Å². The molecule has 4 heteroatoms. The van der Waals surface area contributed by atoms with Crippen LogP contribution in [0.15, 0.2) is 53.3 Å². The highest BCUT2D eigenvalue weighted by Crippen LogP contribution is 2.30. The van der Waals surface area contributed by atoms with Crippen molar-refractivity contribution in [1.82, 2.24) is 9.55 Å². The third-order valence-electron chi connectivity index (χ3n) is 3.42. The third kappa shape index (κ3) is 1.93. The highest BCUT2D eigenvalue weighted by molar-refractivity contribution is 7.79. The number of pyridine rings is 2. The number of fused-ring (bicyclic) bond motifs is 4. The van der Waals surface area contributed by atoms with Gasteiger partial charge >= 0.3 is 0 Å². The molecule has 0 spiro atoms. The van der Waals surface area contributed by atoms with E-state index in [9.17, 15) is 4.79 Å². The molecule has 0 fully saturated rings. The molecule has 3 aromatic rings. The minimum absolute atomic E-state index is 0.0366. The van der Waals surface area contributed by atoms with Crippen molar-refractivity contribution in [3.05, 3.63) is 64.4 Å². The first kappa shape index (κ1) is 12.9. The molecule has 0 aliphatic carbocycles. The molecule has 0 bridgehead atoms. The Balaban J connectivity index is 0.000000581. The lowest BCUT2D eigenvalue weighted by atomic mass is 10.1. The average molecular weight is 282 g/mol. The Hall–Kier alpha value is -2.07. The highest BCUT2D eigenvalue weighted by Gasteiger charge is 2.20. The Bertz CT molecular complexity index is 839. The molecular formula is C16H14N2OS. The summed E-state index contributed by atoms with van der Waals surface area (Å²) in [6, 6.07) is 15.5. The third-order valence-corrected chi connectivity index (χ3v) is 3.42. The minimum atomic E-state index is 0.0366. The number of hydrogen-bond acceptors (Lipinski definition) is 3. The minimum Gasteiger partial charge on any atom is -0.302 e. The number of para-hydroxylation sites is 1. The number of rotatable bonds is 0. The maximum absolute atomic E-state index is 11.8. The fourth-order valence-corrected chi connectivity index (χ4v) is 2.56. The van der Waals surface area contributed by atoms with Crippen LogP contribution < -0.4 is 5.56 Å². The molecule has 0 amide bonds. The van der Waals surface area contributed by atoms with Crippen LogP contribution in [0.1, 0.15) is 5.56 Å². The Labute approximate surface area is 122 Å². The molecule has 0 atom stereocenters. The predicted molar refractivity (Wildman–Crippen MR) is 85.5 cm³/mol. The summed E-state index contributed by atoms with van der Waals surface area (Å²) in [6.07, 6.45) is 1.69. The summed E-state index contributed by atoms with van der Waals surface area (Å²) in [6.45, 7) is 0.627. The van der Waals surface area contributed by atoms with Gasteiger partial charge in [-0.25, -0.2) is 4.98 Å². The van der Waals surface area contributed by atoms with Gasteiger partial charge in [0.2, 0.25) is 0 Å². The number of nitrogens with zero attached hydrogens (tertiary/aromatic N) is 2. The van der Waals surface area contributed by atoms with Gasteiger partial charge in [0.1, 0.15) is 0 Å². The zero-order valence-electron chi connectivity index (χ0n) is 11.1. The second-order valence-corrected chi connectivity index (χ2v) is 4.52. The fourth-order valence-electron chi connectivity index (χ4n) is 2.56. The Morgan fingerprint density at radius 3 is 2.75 bits per heavy atom. The Kier molecular flexibility index (Phi) is 3.32. The van der Waals surface area contributed by atoms with Gasteiger partial charge in [0.25, 0.3) is 5.56 Å². The molecule has 1 aliphatic heterocycles. The molecule has 1 aromatic carbocycles. The van der Waals surface area contributed by atoms with E-state index in [4.69, 9.17) is 0 Å². The average Bonchev–Trinajstić information content (AvgIpc) is 2.86. The van der Waals surface area contributed by atoms with Crippen LogP contribution in [0.4, 0.5) is 0 Å². The summed E-state index contributed by atoms with van der Waals surface area (Å²) in [5.41, 5.74) is 3.99. The SMILES string of the molecule is CS.O=c1cccc2n1Cc1cc3ccccc3nc1-2. The zero-order valence-corrected chi connectivity index (χ0v) is 12.0. The molecule has 1 aliphatic rings. The molecule has 0 saturated heterocycles. The van der Waals surface area contributed by atoms with Crippen molar-refractivity contribution in [3.8, 4) is 11.4 Å². The second kappa shape index (κ2) is 5.13. The van der Waals surface area contributed by atoms with E-state index >= 15 is 0 Å². The monoisotopic (exact) mass is 282 g/mol. The lowest BCUT2D eigenvalue weighted by Crippen LogP contribution is -2.16. The molecule has 3 nitrogen and oxygen atoms in total. The first-order valence-corrected chi connectivity index (χ1v) is 7.26. The maximum atomic E-state index is 11.8. The standard InChI is InChI=1S/C15H10N2O.CH4S/c18-14-7-3-6-13-15-11(9-17(13)14)8-10-4-1-2-5-12(10)16-15;1-2/h1-8H,9H2;2H,1H3. The van der Waals surface area contributed by atoms with E-state index < -0.39 is 0 Å². The summed E-state index contributed by atoms with van der Waals surface area (Å²) in [7, 11) is 0. The van der Waals surface area contributed by atoms with E-state index in [1.807, 2.05) is 30.3 Å². The molecule has 3 heterocycles. The number of aromatic nitrogens is 2. The second-order valence-electron chi connectivity index (χ2n) is 4.52. The van der Waals surface area contributed by atoms with Crippen LogP contribution >= 0.6 is 12.6 Å². The lowest BCUT2D eigenvalue weighted by molar-refractivity contribution is 0.804. The van der Waals surface area contributed by atoms with Crippen molar-refractivity contribution < 1.29 is 0 Å². The lowest BCUT2D eigenvalue weighted by Gasteiger charge is -2.01. The summed E-state index contributed by atoms with van der Waals surface area (Å²) in [5, 5.41) is 1.12. The van der Waals surface area contributed by atoms with Crippen molar-refractivity contribution in [2.24, 2.45) is 0 Å². The van der Waals surface area contributed by atoms with E-state index in [1.54, 1.807) is 23.0 Å². The van der Waals surface area contributed by atoms with E-state index in [-0.39, 0.29) is 5.56 Å². The molecule has 0 unspecified atom stereocenters. The Morgan fingerprint density at radius 2 is 1.90 bits per heavy atom. The van der Waals surface area contributed by atoms with E-state index in [0.29, 0.717) is 6.54 Å². The van der Waals surface area contributed by atoms with Gasteiger partial charge in [-0.2, -0.15) is 12.6 Å². The van der Waals surface area contributed by atoms with E-state index in [1.165, 1.54) is 0 Å². The first-order chi connectivity index (χ1) is 9.83. The Morgan fingerprint density at radius 1 is 1.10 bits per heavy atom. The molecule has 0 radical (unpaired) electrons. The van der Waals surface area contributed by atoms with Gasteiger partial charge < -0.3 is 4.57 Å². The van der Waals surface area contributed by atoms with Gasteiger partial charge in [-0.15, -0.1) is 0 Å². The largest absolute Gasteiger partial charge is 0.302 e. The van der Waals surface area contributed by atoms with E-state index in [0.717, 1.165) is 27.9 Å². The maximum Gasteiger partial charge on any atom is 0.251 e. The topological polar surface area (TPSA) is 34.9 Å². The molecular weight excluding hydrogens is 268 g/mol. The van der Waals surface area contributed by atoms with Crippen molar-refractivity contribution in [1.29, 1.82) is 0 Å².